The van der Waals surface area contributed by atoms with Gasteiger partial charge in [0.05, 0.1) is 23.5 Å². The summed E-state index contributed by atoms with van der Waals surface area (Å²) in [6, 6.07) is 1.99. The summed E-state index contributed by atoms with van der Waals surface area (Å²) < 4.78 is 3.52. The molecule has 10 heteroatoms. The Bertz CT molecular complexity index is 1180. The Morgan fingerprint density at radius 3 is 2.81 bits per heavy atom. The zero-order valence-electron chi connectivity index (χ0n) is 18.1. The van der Waals surface area contributed by atoms with Crippen LogP contribution in [0, 0.1) is 13.5 Å². The van der Waals surface area contributed by atoms with Crippen molar-refractivity contribution in [1.29, 1.82) is 0 Å². The molecule has 1 saturated carbocycles. The second kappa shape index (κ2) is 7.91. The van der Waals surface area contributed by atoms with E-state index in [1.165, 1.54) is 6.92 Å². The summed E-state index contributed by atoms with van der Waals surface area (Å²) in [6.07, 6.45) is 5.45. The summed E-state index contributed by atoms with van der Waals surface area (Å²) in [4.78, 5) is 19.5. The van der Waals surface area contributed by atoms with E-state index in [0.29, 0.717) is 36.8 Å². The van der Waals surface area contributed by atoms with Gasteiger partial charge in [-0.2, -0.15) is 10.2 Å². The molecule has 0 aromatic carbocycles. The Morgan fingerprint density at radius 2 is 2.16 bits per heavy atom. The minimum atomic E-state index is -0.0912. The van der Waals surface area contributed by atoms with Gasteiger partial charge in [-0.3, -0.25) is 9.48 Å². The van der Waals surface area contributed by atoms with Crippen LogP contribution in [0.15, 0.2) is 12.3 Å². The van der Waals surface area contributed by atoms with Crippen molar-refractivity contribution in [3.8, 4) is 0 Å². The van der Waals surface area contributed by atoms with Crippen molar-refractivity contribution >= 4 is 28.9 Å². The van der Waals surface area contributed by atoms with Gasteiger partial charge in [0.15, 0.2) is 5.65 Å². The van der Waals surface area contributed by atoms with Gasteiger partial charge in [-0.05, 0) is 32.3 Å². The molecule has 1 fully saturated rings. The highest BCUT2D eigenvalue weighted by atomic mass is 16.1. The molecule has 1 aliphatic rings. The van der Waals surface area contributed by atoms with E-state index in [1.807, 2.05) is 30.8 Å². The highest BCUT2D eigenvalue weighted by molar-refractivity contribution is 5.80. The van der Waals surface area contributed by atoms with Gasteiger partial charge in [-0.25, -0.2) is 14.3 Å². The van der Waals surface area contributed by atoms with Crippen molar-refractivity contribution in [2.45, 2.75) is 52.0 Å². The maximum absolute atomic E-state index is 11.2. The van der Waals surface area contributed by atoms with E-state index in [2.05, 4.69) is 25.6 Å². The Labute approximate surface area is 180 Å². The molecule has 0 aliphatic heterocycles. The third kappa shape index (κ3) is 3.79. The highest BCUT2D eigenvalue weighted by Crippen LogP contribution is 2.42. The molecule has 4 rings (SSSR count). The summed E-state index contributed by atoms with van der Waals surface area (Å²) in [7, 11) is 0. The zero-order valence-corrected chi connectivity index (χ0v) is 18.1. The number of nitrogens with one attached hydrogen (secondary N) is 2. The van der Waals surface area contributed by atoms with Crippen LogP contribution in [-0.4, -0.2) is 43.4 Å². The SMILES string of the molecule is [C-]#[N+]c1c(NCCc2ccn(C3(CNC(C)=O)CC3)n2)nc2c(CC)c(C)nn2c1N. The lowest BCUT2D eigenvalue weighted by Gasteiger charge is -2.16. The van der Waals surface area contributed by atoms with Crippen LogP contribution in [0.4, 0.5) is 17.3 Å². The van der Waals surface area contributed by atoms with E-state index in [-0.39, 0.29) is 17.1 Å². The van der Waals surface area contributed by atoms with E-state index < -0.39 is 0 Å². The summed E-state index contributed by atoms with van der Waals surface area (Å²) in [5.74, 6) is 0.739. The number of anilines is 2. The Kier molecular flexibility index (Phi) is 5.27. The van der Waals surface area contributed by atoms with Gasteiger partial charge >= 0.3 is 0 Å². The van der Waals surface area contributed by atoms with Crippen LogP contribution in [0.2, 0.25) is 0 Å². The molecular weight excluding hydrogens is 394 g/mol. The Balaban J connectivity index is 1.47. The number of hydrogen-bond donors (Lipinski definition) is 3. The van der Waals surface area contributed by atoms with Gasteiger partial charge < -0.3 is 16.4 Å². The van der Waals surface area contributed by atoms with E-state index >= 15 is 0 Å². The summed E-state index contributed by atoms with van der Waals surface area (Å²) >= 11 is 0. The fourth-order valence-electron chi connectivity index (χ4n) is 3.85. The molecule has 4 N–H and O–H groups in total. The maximum atomic E-state index is 11.2. The lowest BCUT2D eigenvalue weighted by atomic mass is 10.2. The van der Waals surface area contributed by atoms with E-state index in [0.717, 1.165) is 36.2 Å². The maximum Gasteiger partial charge on any atom is 0.268 e. The van der Waals surface area contributed by atoms with Crippen molar-refractivity contribution in [2.75, 3.05) is 24.1 Å². The summed E-state index contributed by atoms with van der Waals surface area (Å²) in [5.41, 5.74) is 9.92. The second-order valence-corrected chi connectivity index (χ2v) is 8.02. The average Bonchev–Trinajstić information content (AvgIpc) is 3.25. The zero-order chi connectivity index (χ0) is 22.2. The number of hydrogen-bond acceptors (Lipinski definition) is 6. The molecule has 10 nitrogen and oxygen atoms in total. The third-order valence-electron chi connectivity index (χ3n) is 5.83. The summed E-state index contributed by atoms with van der Waals surface area (Å²) in [5, 5.41) is 15.3. The van der Waals surface area contributed by atoms with Gasteiger partial charge in [-0.1, -0.05) is 6.92 Å². The Hall–Kier alpha value is -3.61. The standard InChI is InChI=1S/C21H27N9O/c1-5-16-13(2)27-30-18(22)17(23-4)19(26-20(16)30)24-10-6-15-7-11-29(28-15)21(8-9-21)12-25-14(3)31/h7,11H,5-6,8-10,12,22H2,1-3H3,(H,24,26)(H,25,31). The van der Waals surface area contributed by atoms with Crippen LogP contribution in [0.25, 0.3) is 10.5 Å². The molecule has 3 aromatic heterocycles. The van der Waals surface area contributed by atoms with Gasteiger partial charge in [0.2, 0.25) is 5.91 Å². The van der Waals surface area contributed by atoms with E-state index in [9.17, 15) is 4.79 Å². The van der Waals surface area contributed by atoms with Crippen molar-refractivity contribution in [2.24, 2.45) is 0 Å². The minimum Gasteiger partial charge on any atom is -0.392 e. The first kappa shape index (κ1) is 20.7. The summed E-state index contributed by atoms with van der Waals surface area (Å²) in [6.45, 7) is 14.2. The number of carbonyl (C=O) groups excluding carboxylic acids is 1. The average molecular weight is 422 g/mol. The number of carbonyl (C=O) groups is 1. The molecule has 0 bridgehead atoms. The number of amides is 1. The fraction of sp³-hybridized carbons (Fsp3) is 0.476. The predicted molar refractivity (Wildman–Crippen MR) is 118 cm³/mol. The van der Waals surface area contributed by atoms with Gasteiger partial charge in [0.1, 0.15) is 11.6 Å². The Morgan fingerprint density at radius 1 is 1.39 bits per heavy atom. The topological polar surface area (TPSA) is 120 Å². The second-order valence-electron chi connectivity index (χ2n) is 8.02. The molecule has 0 unspecified atom stereocenters. The number of nitrogens with zero attached hydrogens (tertiary/aromatic N) is 6. The quantitative estimate of drug-likeness (QED) is 0.480. The van der Waals surface area contributed by atoms with E-state index in [1.54, 1.807) is 4.52 Å². The monoisotopic (exact) mass is 421 g/mol. The van der Waals surface area contributed by atoms with Gasteiger partial charge in [0.25, 0.3) is 5.69 Å². The smallest absolute Gasteiger partial charge is 0.268 e. The fourth-order valence-corrected chi connectivity index (χ4v) is 3.85. The van der Waals surface area contributed by atoms with Gasteiger partial charge in [-0.15, -0.1) is 0 Å². The van der Waals surface area contributed by atoms with Gasteiger partial charge in [0, 0.05) is 38.2 Å². The number of nitrogen functional groups attached to an aromatic ring is 1. The number of rotatable bonds is 8. The lowest BCUT2D eigenvalue weighted by molar-refractivity contribution is -0.119. The van der Waals surface area contributed by atoms with Crippen LogP contribution < -0.4 is 16.4 Å². The highest BCUT2D eigenvalue weighted by Gasteiger charge is 2.45. The molecule has 1 amide bonds. The number of aryl methyl sites for hydroxylation is 2. The van der Waals surface area contributed by atoms with Crippen molar-refractivity contribution in [3.05, 3.63) is 40.6 Å². The molecule has 31 heavy (non-hydrogen) atoms. The van der Waals surface area contributed by atoms with E-state index in [4.69, 9.17) is 17.4 Å². The van der Waals surface area contributed by atoms with Crippen LogP contribution >= 0.6 is 0 Å². The molecule has 0 atom stereocenters. The predicted octanol–water partition coefficient (Wildman–Crippen LogP) is 2.21. The number of aromatic nitrogens is 5. The van der Waals surface area contributed by atoms with Crippen LogP contribution in [0.3, 0.4) is 0 Å². The molecular formula is C21H27N9O. The first-order valence-corrected chi connectivity index (χ1v) is 10.5. The normalized spacial score (nSPS) is 14.4. The lowest BCUT2D eigenvalue weighted by Crippen LogP contribution is -2.34. The number of fused-ring (bicyclic) bond motifs is 1. The molecule has 0 saturated heterocycles. The molecule has 0 radical (unpaired) electrons. The third-order valence-corrected chi connectivity index (χ3v) is 5.83. The number of nitrogens with two attached hydrogens (primary N) is 1. The molecule has 0 spiro atoms. The van der Waals surface area contributed by atoms with Crippen molar-refractivity contribution in [3.63, 3.8) is 0 Å². The molecule has 3 heterocycles. The first-order chi connectivity index (χ1) is 14.9. The van der Waals surface area contributed by atoms with Crippen LogP contribution in [-0.2, 0) is 23.2 Å². The molecule has 1 aliphatic carbocycles. The van der Waals surface area contributed by atoms with Crippen LogP contribution in [0.5, 0.6) is 0 Å². The minimum absolute atomic E-state index is 0.0261. The molecule has 3 aromatic rings. The van der Waals surface area contributed by atoms with Crippen molar-refractivity contribution in [1.82, 2.24) is 29.7 Å². The van der Waals surface area contributed by atoms with Crippen molar-refractivity contribution < 1.29 is 4.79 Å². The molecule has 162 valence electrons. The van der Waals surface area contributed by atoms with Crippen LogP contribution in [0.1, 0.15) is 43.6 Å². The first-order valence-electron chi connectivity index (χ1n) is 10.5. The largest absolute Gasteiger partial charge is 0.392 e.